The van der Waals surface area contributed by atoms with Crippen molar-refractivity contribution in [3.63, 3.8) is 0 Å². The molecule has 0 radical (unpaired) electrons. The summed E-state index contributed by atoms with van der Waals surface area (Å²) in [6, 6.07) is 0. The van der Waals surface area contributed by atoms with Crippen molar-refractivity contribution >= 4 is 13.8 Å². The maximum absolute atomic E-state index is 12.1. The van der Waals surface area contributed by atoms with Gasteiger partial charge in [-0.1, -0.05) is 70.4 Å². The first-order valence-corrected chi connectivity index (χ1v) is 16.0. The third-order valence-electron chi connectivity index (χ3n) is 6.84. The number of phosphoric ester groups is 1. The number of unbranched alkanes of at least 4 members (excludes halogenated alkanes) is 11. The van der Waals surface area contributed by atoms with E-state index in [1.165, 1.54) is 38.5 Å². The number of phosphoric acid groups is 1. The second-order valence-electron chi connectivity index (χ2n) is 10.5. The second kappa shape index (κ2) is 20.9. The summed E-state index contributed by atoms with van der Waals surface area (Å²) in [7, 11) is -4.98. The van der Waals surface area contributed by atoms with Crippen LogP contribution in [0.5, 0.6) is 0 Å². The van der Waals surface area contributed by atoms with Crippen LogP contribution in [0.2, 0.25) is 0 Å². The molecule has 40 heavy (non-hydrogen) atoms. The molecule has 6 unspecified atom stereocenters. The Balaban J connectivity index is 2.09. The van der Waals surface area contributed by atoms with E-state index in [-0.39, 0.29) is 6.42 Å². The fraction of sp³-hybridized carbons (Fsp3) is 0.889. The van der Waals surface area contributed by atoms with Crippen LogP contribution in [0.1, 0.15) is 96.8 Å². The number of allylic oxidation sites excluding steroid dienone is 2. The highest BCUT2D eigenvalue weighted by Gasteiger charge is 2.51. The van der Waals surface area contributed by atoms with Gasteiger partial charge in [0.1, 0.15) is 49.3 Å². The van der Waals surface area contributed by atoms with Gasteiger partial charge in [0.15, 0.2) is 0 Å². The summed E-state index contributed by atoms with van der Waals surface area (Å²) in [6.45, 7) is 0.964. The smallest absolute Gasteiger partial charge is 0.463 e. The summed E-state index contributed by atoms with van der Waals surface area (Å²) < 4.78 is 26.3. The molecule has 0 amide bonds. The lowest BCUT2D eigenvalue weighted by Crippen LogP contribution is -2.64. The Morgan fingerprint density at radius 1 is 0.750 bits per heavy atom. The quantitative estimate of drug-likeness (QED) is 0.0415. The van der Waals surface area contributed by atoms with Gasteiger partial charge in [-0.25, -0.2) is 4.57 Å². The van der Waals surface area contributed by atoms with E-state index in [1.54, 1.807) is 0 Å². The van der Waals surface area contributed by atoms with Gasteiger partial charge in [0.25, 0.3) is 0 Å². The summed E-state index contributed by atoms with van der Waals surface area (Å²) in [5, 5.41) is 58.5. The zero-order valence-corrected chi connectivity index (χ0v) is 24.5. The number of esters is 1. The molecule has 0 saturated heterocycles. The summed E-state index contributed by atoms with van der Waals surface area (Å²) in [5.74, 6) is -0.518. The minimum absolute atomic E-state index is 0.182. The molecule has 236 valence electrons. The van der Waals surface area contributed by atoms with E-state index in [4.69, 9.17) is 4.74 Å². The number of rotatable bonds is 22. The molecule has 0 bridgehead atoms. The summed E-state index contributed by atoms with van der Waals surface area (Å²) in [6.07, 6.45) is 6.32. The maximum atomic E-state index is 12.1. The molecule has 1 rings (SSSR count). The number of aliphatic hydroxyl groups excluding tert-OH is 6. The van der Waals surface area contributed by atoms with Crippen molar-refractivity contribution in [3.05, 3.63) is 12.2 Å². The average Bonchev–Trinajstić information content (AvgIpc) is 2.93. The molecule has 0 heterocycles. The Kier molecular flexibility index (Phi) is 19.4. The van der Waals surface area contributed by atoms with Gasteiger partial charge >= 0.3 is 13.8 Å². The van der Waals surface area contributed by atoms with Crippen molar-refractivity contribution in [1.29, 1.82) is 0 Å². The fourth-order valence-corrected chi connectivity index (χ4v) is 5.31. The highest BCUT2D eigenvalue weighted by molar-refractivity contribution is 7.47. The van der Waals surface area contributed by atoms with Crippen LogP contribution in [0.3, 0.4) is 0 Å². The fourth-order valence-electron chi connectivity index (χ4n) is 4.34. The lowest BCUT2D eigenvalue weighted by Gasteiger charge is -2.41. The standard InChI is InChI=1S/C27H51O12P/c1-2-3-4-5-6-7-8-9-10-11-12-13-14-15-16-17-21(29)37-18-20(28)19-38-40(35,36)39-27-25(33)23(31)22(30)24(32)26(27)34/h9-10,20,22-28,30-34H,2-8,11-19H2,1H3,(H,35,36)/b10-9-. The van der Waals surface area contributed by atoms with Crippen LogP contribution in [0.15, 0.2) is 12.2 Å². The molecular formula is C27H51O12P. The molecule has 1 aliphatic rings. The van der Waals surface area contributed by atoms with Crippen molar-refractivity contribution < 1.29 is 58.7 Å². The topological polar surface area (TPSA) is 203 Å². The summed E-state index contributed by atoms with van der Waals surface area (Å²) in [5.41, 5.74) is 0. The van der Waals surface area contributed by atoms with Crippen LogP contribution in [0, 0.1) is 0 Å². The zero-order chi connectivity index (χ0) is 30.0. The molecule has 0 spiro atoms. The monoisotopic (exact) mass is 598 g/mol. The molecular weight excluding hydrogens is 547 g/mol. The Morgan fingerprint density at radius 3 is 1.77 bits per heavy atom. The molecule has 0 aromatic rings. The van der Waals surface area contributed by atoms with E-state index in [2.05, 4.69) is 28.1 Å². The van der Waals surface area contributed by atoms with Crippen LogP contribution >= 0.6 is 7.82 Å². The first-order chi connectivity index (χ1) is 19.0. The van der Waals surface area contributed by atoms with Crippen molar-refractivity contribution in [1.82, 2.24) is 0 Å². The third kappa shape index (κ3) is 15.3. The molecule has 0 aromatic heterocycles. The van der Waals surface area contributed by atoms with Crippen molar-refractivity contribution in [2.45, 2.75) is 140 Å². The molecule has 1 saturated carbocycles. The second-order valence-corrected chi connectivity index (χ2v) is 11.9. The Hall–Kier alpha value is -0.920. The Bertz CT molecular complexity index is 735. The maximum Gasteiger partial charge on any atom is 0.472 e. The minimum atomic E-state index is -4.98. The number of carbonyl (C=O) groups excluding carboxylic acids is 1. The number of ether oxygens (including phenoxy) is 1. The van der Waals surface area contributed by atoms with Gasteiger partial charge in [0, 0.05) is 6.42 Å². The molecule has 7 N–H and O–H groups in total. The number of aliphatic hydroxyl groups is 6. The van der Waals surface area contributed by atoms with E-state index in [0.29, 0.717) is 6.42 Å². The molecule has 1 aliphatic carbocycles. The lowest BCUT2D eigenvalue weighted by atomic mass is 9.85. The molecule has 0 aromatic carbocycles. The lowest BCUT2D eigenvalue weighted by molar-refractivity contribution is -0.220. The molecule has 13 heteroatoms. The highest BCUT2D eigenvalue weighted by Crippen LogP contribution is 2.47. The summed E-state index contributed by atoms with van der Waals surface area (Å²) >= 11 is 0. The van der Waals surface area contributed by atoms with Crippen LogP contribution < -0.4 is 0 Å². The van der Waals surface area contributed by atoms with Gasteiger partial charge in [0.05, 0.1) is 6.61 Å². The van der Waals surface area contributed by atoms with E-state index in [0.717, 1.165) is 38.5 Å². The average molecular weight is 599 g/mol. The first kappa shape index (κ1) is 37.1. The van der Waals surface area contributed by atoms with Gasteiger partial charge < -0.3 is 40.3 Å². The summed E-state index contributed by atoms with van der Waals surface area (Å²) in [4.78, 5) is 21.7. The highest BCUT2D eigenvalue weighted by atomic mass is 31.2. The van der Waals surface area contributed by atoms with Crippen molar-refractivity contribution in [2.24, 2.45) is 0 Å². The minimum Gasteiger partial charge on any atom is -0.463 e. The van der Waals surface area contributed by atoms with Crippen molar-refractivity contribution in [3.8, 4) is 0 Å². The van der Waals surface area contributed by atoms with Crippen LogP contribution in [0.25, 0.3) is 0 Å². The first-order valence-electron chi connectivity index (χ1n) is 14.5. The van der Waals surface area contributed by atoms with E-state index < -0.39 is 69.7 Å². The predicted molar refractivity (Wildman–Crippen MR) is 147 cm³/mol. The van der Waals surface area contributed by atoms with Gasteiger partial charge in [-0.15, -0.1) is 0 Å². The number of hydrogen-bond acceptors (Lipinski definition) is 11. The molecule has 12 nitrogen and oxygen atoms in total. The SMILES string of the molecule is CCCCCCCC/C=C\CCCCCCCC(=O)OCC(O)COP(=O)(O)OC1C(O)C(O)C(O)C(O)C1O. The third-order valence-corrected chi connectivity index (χ3v) is 7.82. The normalized spacial score (nSPS) is 27.5. The number of hydrogen-bond donors (Lipinski definition) is 7. The largest absolute Gasteiger partial charge is 0.472 e. The molecule has 0 aliphatic heterocycles. The molecule has 6 atom stereocenters. The van der Waals surface area contributed by atoms with E-state index in [9.17, 15) is 44.9 Å². The van der Waals surface area contributed by atoms with E-state index >= 15 is 0 Å². The van der Waals surface area contributed by atoms with Gasteiger partial charge in [0.2, 0.25) is 0 Å². The van der Waals surface area contributed by atoms with Crippen LogP contribution in [0.4, 0.5) is 0 Å². The van der Waals surface area contributed by atoms with Gasteiger partial charge in [-0.05, 0) is 32.1 Å². The van der Waals surface area contributed by atoms with Crippen molar-refractivity contribution in [2.75, 3.05) is 13.2 Å². The van der Waals surface area contributed by atoms with E-state index in [1.807, 2.05) is 0 Å². The van der Waals surface area contributed by atoms with Crippen LogP contribution in [-0.4, -0.2) is 97.4 Å². The number of carbonyl (C=O) groups is 1. The zero-order valence-electron chi connectivity index (χ0n) is 23.6. The predicted octanol–water partition coefficient (Wildman–Crippen LogP) is 2.25. The van der Waals surface area contributed by atoms with Gasteiger partial charge in [-0.2, -0.15) is 0 Å². The Labute approximate surface area is 237 Å². The van der Waals surface area contributed by atoms with Gasteiger partial charge in [-0.3, -0.25) is 13.8 Å². The molecule has 1 fully saturated rings. The Morgan fingerprint density at radius 2 is 1.23 bits per heavy atom. The van der Waals surface area contributed by atoms with Crippen LogP contribution in [-0.2, 0) is 23.1 Å².